The van der Waals surface area contributed by atoms with Crippen LogP contribution in [-0.4, -0.2) is 38.1 Å². The average molecular weight is 263 g/mol. The zero-order chi connectivity index (χ0) is 13.5. The summed E-state index contributed by atoms with van der Waals surface area (Å²) in [5, 5.41) is 10.8. The van der Waals surface area contributed by atoms with Crippen molar-refractivity contribution in [2.24, 2.45) is 0 Å². The first-order valence-corrected chi connectivity index (χ1v) is 6.12. The van der Waals surface area contributed by atoms with Crippen molar-refractivity contribution >= 4 is 11.5 Å². The average Bonchev–Trinajstić information content (AvgIpc) is 2.92. The summed E-state index contributed by atoms with van der Waals surface area (Å²) in [6.07, 6.45) is 5.80. The third kappa shape index (κ3) is 3.54. The van der Waals surface area contributed by atoms with Crippen molar-refractivity contribution in [2.75, 3.05) is 24.2 Å². The Hall–Kier alpha value is -2.38. The molecule has 0 aliphatic rings. The van der Waals surface area contributed by atoms with Crippen LogP contribution in [0.4, 0.5) is 11.5 Å². The molecule has 3 N–H and O–H groups in total. The molecule has 0 spiro atoms. The second-order valence-corrected chi connectivity index (χ2v) is 3.82. The van der Waals surface area contributed by atoms with Crippen molar-refractivity contribution in [3.8, 4) is 5.88 Å². The number of nitrogens with two attached hydrogens (primary N) is 1. The quantitative estimate of drug-likeness (QED) is 0.703. The normalized spacial score (nSPS) is 10.4. The Bertz CT molecular complexity index is 500. The van der Waals surface area contributed by atoms with Crippen LogP contribution in [0.5, 0.6) is 5.88 Å². The van der Waals surface area contributed by atoms with Gasteiger partial charge in [-0.1, -0.05) is 5.21 Å². The van der Waals surface area contributed by atoms with Crippen LogP contribution in [-0.2, 0) is 6.54 Å². The molecule has 0 fully saturated rings. The maximum atomic E-state index is 5.91. The van der Waals surface area contributed by atoms with E-state index in [1.165, 1.54) is 6.33 Å². The summed E-state index contributed by atoms with van der Waals surface area (Å²) < 4.78 is 7.08. The van der Waals surface area contributed by atoms with Gasteiger partial charge in [-0.2, -0.15) is 4.98 Å². The van der Waals surface area contributed by atoms with E-state index in [4.69, 9.17) is 10.5 Å². The number of aromatic nitrogens is 5. The van der Waals surface area contributed by atoms with Crippen molar-refractivity contribution < 1.29 is 4.74 Å². The minimum Gasteiger partial charge on any atom is -0.476 e. The number of aryl methyl sites for hydroxylation is 1. The second-order valence-electron chi connectivity index (χ2n) is 3.82. The third-order valence-electron chi connectivity index (χ3n) is 2.46. The molecular weight excluding hydrogens is 246 g/mol. The Kier molecular flexibility index (Phi) is 4.49. The van der Waals surface area contributed by atoms with Gasteiger partial charge in [-0.05, 0) is 13.3 Å². The highest BCUT2D eigenvalue weighted by atomic mass is 16.5. The van der Waals surface area contributed by atoms with Gasteiger partial charge in [0.25, 0.3) is 0 Å². The highest BCUT2D eigenvalue weighted by molar-refractivity contribution is 5.66. The summed E-state index contributed by atoms with van der Waals surface area (Å²) in [5.74, 6) is 1.01. The summed E-state index contributed by atoms with van der Waals surface area (Å²) in [5.41, 5.74) is 6.34. The van der Waals surface area contributed by atoms with E-state index in [-0.39, 0.29) is 0 Å². The Balaban J connectivity index is 1.83. The Morgan fingerprint density at radius 2 is 2.32 bits per heavy atom. The Labute approximate surface area is 111 Å². The van der Waals surface area contributed by atoms with E-state index in [0.29, 0.717) is 24.0 Å². The molecule has 2 aromatic heterocycles. The fraction of sp³-hybridized carbons (Fsp3) is 0.455. The molecule has 2 heterocycles. The largest absolute Gasteiger partial charge is 0.476 e. The van der Waals surface area contributed by atoms with Crippen LogP contribution in [0.25, 0.3) is 0 Å². The molecule has 8 heteroatoms. The van der Waals surface area contributed by atoms with Crippen LogP contribution in [0.15, 0.2) is 18.7 Å². The van der Waals surface area contributed by atoms with Crippen LogP contribution in [0, 0.1) is 0 Å². The van der Waals surface area contributed by atoms with E-state index < -0.39 is 0 Å². The molecule has 0 aliphatic heterocycles. The van der Waals surface area contributed by atoms with E-state index in [0.717, 1.165) is 19.5 Å². The first kappa shape index (κ1) is 13.1. The summed E-state index contributed by atoms with van der Waals surface area (Å²) in [7, 11) is 0. The summed E-state index contributed by atoms with van der Waals surface area (Å²) in [6.45, 7) is 3.92. The molecule has 0 radical (unpaired) electrons. The van der Waals surface area contributed by atoms with Crippen molar-refractivity contribution in [3.05, 3.63) is 18.7 Å². The molecule has 102 valence electrons. The van der Waals surface area contributed by atoms with Crippen LogP contribution in [0.2, 0.25) is 0 Å². The molecular formula is C11H17N7O. The van der Waals surface area contributed by atoms with Crippen molar-refractivity contribution in [2.45, 2.75) is 19.9 Å². The van der Waals surface area contributed by atoms with Crippen LogP contribution < -0.4 is 15.8 Å². The highest BCUT2D eigenvalue weighted by Crippen LogP contribution is 2.24. The molecule has 0 aliphatic carbocycles. The van der Waals surface area contributed by atoms with E-state index in [1.54, 1.807) is 10.9 Å². The first-order chi connectivity index (χ1) is 9.31. The molecule has 0 aromatic carbocycles. The minimum atomic E-state index is 0.413. The number of hydrogen-bond acceptors (Lipinski definition) is 7. The van der Waals surface area contributed by atoms with Crippen LogP contribution >= 0.6 is 0 Å². The van der Waals surface area contributed by atoms with Crippen molar-refractivity contribution in [3.63, 3.8) is 0 Å². The second kappa shape index (κ2) is 6.53. The molecule has 2 rings (SSSR count). The van der Waals surface area contributed by atoms with Gasteiger partial charge in [0.1, 0.15) is 12.0 Å². The number of anilines is 2. The predicted molar refractivity (Wildman–Crippen MR) is 70.7 cm³/mol. The number of nitrogens with one attached hydrogen (secondary N) is 1. The lowest BCUT2D eigenvalue weighted by Gasteiger charge is -2.10. The highest BCUT2D eigenvalue weighted by Gasteiger charge is 2.07. The monoisotopic (exact) mass is 263 g/mol. The number of ether oxygens (including phenoxy) is 1. The SMILES string of the molecule is CCOc1ncnc(NCCCn2ccnn2)c1N. The molecule has 8 nitrogen and oxygen atoms in total. The molecule has 0 saturated carbocycles. The van der Waals surface area contributed by atoms with Crippen molar-refractivity contribution in [1.29, 1.82) is 0 Å². The maximum Gasteiger partial charge on any atom is 0.242 e. The molecule has 0 amide bonds. The van der Waals surface area contributed by atoms with Gasteiger partial charge in [-0.25, -0.2) is 4.98 Å². The van der Waals surface area contributed by atoms with Gasteiger partial charge in [0.05, 0.1) is 12.8 Å². The maximum absolute atomic E-state index is 5.91. The van der Waals surface area contributed by atoms with Gasteiger partial charge < -0.3 is 15.8 Å². The zero-order valence-corrected chi connectivity index (χ0v) is 10.8. The van der Waals surface area contributed by atoms with E-state index in [9.17, 15) is 0 Å². The molecule has 0 saturated heterocycles. The van der Waals surface area contributed by atoms with Crippen LogP contribution in [0.1, 0.15) is 13.3 Å². The number of rotatable bonds is 7. The fourth-order valence-electron chi connectivity index (χ4n) is 1.57. The van der Waals surface area contributed by atoms with Gasteiger partial charge in [0, 0.05) is 19.3 Å². The molecule has 19 heavy (non-hydrogen) atoms. The number of nitrogens with zero attached hydrogens (tertiary/aromatic N) is 5. The Morgan fingerprint density at radius 1 is 1.42 bits per heavy atom. The van der Waals surface area contributed by atoms with Gasteiger partial charge in [-0.15, -0.1) is 5.10 Å². The summed E-state index contributed by atoms with van der Waals surface area (Å²) in [6, 6.07) is 0. The Morgan fingerprint density at radius 3 is 3.05 bits per heavy atom. The number of nitrogen functional groups attached to an aromatic ring is 1. The van der Waals surface area contributed by atoms with Gasteiger partial charge in [0.2, 0.25) is 5.88 Å². The summed E-state index contributed by atoms with van der Waals surface area (Å²) >= 11 is 0. The predicted octanol–water partition coefficient (Wildman–Crippen LogP) is 0.551. The fourth-order valence-corrected chi connectivity index (χ4v) is 1.57. The van der Waals surface area contributed by atoms with Gasteiger partial charge >= 0.3 is 0 Å². The van der Waals surface area contributed by atoms with Crippen molar-refractivity contribution in [1.82, 2.24) is 25.0 Å². The lowest BCUT2D eigenvalue weighted by atomic mass is 10.4. The standard InChI is InChI=1S/C11H17N7O/c1-2-19-11-9(12)10(14-8-15-11)13-4-3-6-18-7-5-16-17-18/h5,7-8H,2-4,6,12H2,1H3,(H,13,14,15). The molecule has 0 bridgehead atoms. The summed E-state index contributed by atoms with van der Waals surface area (Å²) in [4.78, 5) is 8.07. The van der Waals surface area contributed by atoms with Gasteiger partial charge in [0.15, 0.2) is 5.82 Å². The lowest BCUT2D eigenvalue weighted by molar-refractivity contribution is 0.328. The zero-order valence-electron chi connectivity index (χ0n) is 10.8. The van der Waals surface area contributed by atoms with Crippen LogP contribution in [0.3, 0.4) is 0 Å². The van der Waals surface area contributed by atoms with E-state index >= 15 is 0 Å². The smallest absolute Gasteiger partial charge is 0.242 e. The molecule has 0 atom stereocenters. The molecule has 0 unspecified atom stereocenters. The van der Waals surface area contributed by atoms with E-state index in [1.807, 2.05) is 13.1 Å². The lowest BCUT2D eigenvalue weighted by Crippen LogP contribution is -2.11. The van der Waals surface area contributed by atoms with Gasteiger partial charge in [-0.3, -0.25) is 4.68 Å². The van der Waals surface area contributed by atoms with E-state index in [2.05, 4.69) is 25.6 Å². The number of hydrogen-bond donors (Lipinski definition) is 2. The molecule has 2 aromatic rings. The minimum absolute atomic E-state index is 0.413. The first-order valence-electron chi connectivity index (χ1n) is 6.12. The third-order valence-corrected chi connectivity index (χ3v) is 2.46. The topological polar surface area (TPSA) is 104 Å².